The molecular weight excluding hydrogens is 409 g/mol. The quantitative estimate of drug-likeness (QED) is 0.658. The molecule has 3 aromatic rings. The maximum Gasteiger partial charge on any atom is 0.417 e. The van der Waals surface area contributed by atoms with Gasteiger partial charge in [-0.3, -0.25) is 9.48 Å². The highest BCUT2D eigenvalue weighted by molar-refractivity contribution is 6.31. The number of fused-ring (bicyclic) bond motifs is 1. The van der Waals surface area contributed by atoms with E-state index in [1.165, 1.54) is 25.6 Å². The van der Waals surface area contributed by atoms with Crippen molar-refractivity contribution in [3.63, 3.8) is 0 Å². The molecule has 1 N–H and O–H groups in total. The molecule has 0 spiro atoms. The number of amides is 1. The molecule has 0 aliphatic heterocycles. The number of hydrogen-bond acceptors (Lipinski definition) is 4. The van der Waals surface area contributed by atoms with Crippen LogP contribution < -0.4 is 10.1 Å². The molecule has 1 aromatic carbocycles. The highest BCUT2D eigenvalue weighted by Crippen LogP contribution is 2.37. The molecule has 0 saturated carbocycles. The van der Waals surface area contributed by atoms with Crippen molar-refractivity contribution in [1.82, 2.24) is 14.8 Å². The molecule has 1 atom stereocenters. The zero-order valence-electron chi connectivity index (χ0n) is 16.1. The SMILES string of the molecule is Cc1c(Cl)cccc1NC(=O)[C@@H](C)Oc1cc(C(F)(F)F)c2c(C)nn(C)c2n1. The standard InChI is InChI=1S/C19H18ClF3N4O2/c1-9-13(20)6-5-7-14(9)24-18(28)11(3)29-15-8-12(19(21,22)23)16-10(2)26-27(4)17(16)25-15/h5-8,11H,1-4H3,(H,24,28)/t11-/m1/s1. The van der Waals surface area contributed by atoms with Gasteiger partial charge in [0.25, 0.3) is 5.91 Å². The van der Waals surface area contributed by atoms with Crippen LogP contribution in [0.2, 0.25) is 5.02 Å². The second-order valence-electron chi connectivity index (χ2n) is 6.58. The normalized spacial score (nSPS) is 12.8. The molecule has 10 heteroatoms. The first-order chi connectivity index (χ1) is 13.5. The van der Waals surface area contributed by atoms with Crippen LogP contribution in [-0.4, -0.2) is 26.8 Å². The number of nitrogens with one attached hydrogen (secondary N) is 1. The number of aromatic nitrogens is 3. The van der Waals surface area contributed by atoms with Gasteiger partial charge in [-0.2, -0.15) is 23.3 Å². The summed E-state index contributed by atoms with van der Waals surface area (Å²) in [6, 6.07) is 5.80. The number of halogens is 4. The number of alkyl halides is 3. The first-order valence-electron chi connectivity index (χ1n) is 8.63. The third-order valence-electron chi connectivity index (χ3n) is 4.44. The summed E-state index contributed by atoms with van der Waals surface area (Å²) < 4.78 is 47.3. The lowest BCUT2D eigenvalue weighted by Crippen LogP contribution is -2.30. The Kier molecular flexibility index (Phi) is 5.44. The molecule has 0 saturated heterocycles. The van der Waals surface area contributed by atoms with Gasteiger partial charge in [0.2, 0.25) is 5.88 Å². The van der Waals surface area contributed by atoms with Crippen LogP contribution in [0.5, 0.6) is 5.88 Å². The number of aryl methyl sites for hydroxylation is 2. The molecule has 2 aromatic heterocycles. The molecule has 0 fully saturated rings. The van der Waals surface area contributed by atoms with E-state index in [0.717, 1.165) is 6.07 Å². The van der Waals surface area contributed by atoms with Gasteiger partial charge in [-0.25, -0.2) is 0 Å². The summed E-state index contributed by atoms with van der Waals surface area (Å²) in [6.07, 6.45) is -5.73. The average molecular weight is 427 g/mol. The van der Waals surface area contributed by atoms with Crippen LogP contribution in [0.15, 0.2) is 24.3 Å². The third-order valence-corrected chi connectivity index (χ3v) is 4.85. The van der Waals surface area contributed by atoms with Gasteiger partial charge in [-0.05, 0) is 38.5 Å². The zero-order chi connectivity index (χ0) is 21.5. The first-order valence-corrected chi connectivity index (χ1v) is 9.01. The van der Waals surface area contributed by atoms with Crippen molar-refractivity contribution in [2.45, 2.75) is 33.1 Å². The Morgan fingerprint density at radius 1 is 1.31 bits per heavy atom. The van der Waals surface area contributed by atoms with Crippen LogP contribution in [0.1, 0.15) is 23.7 Å². The molecule has 29 heavy (non-hydrogen) atoms. The van der Waals surface area contributed by atoms with Crippen molar-refractivity contribution in [3.8, 4) is 5.88 Å². The number of carbonyl (C=O) groups is 1. The Hall–Kier alpha value is -2.81. The van der Waals surface area contributed by atoms with E-state index in [9.17, 15) is 18.0 Å². The molecule has 0 aliphatic carbocycles. The predicted molar refractivity (Wildman–Crippen MR) is 103 cm³/mol. The summed E-state index contributed by atoms with van der Waals surface area (Å²) in [4.78, 5) is 16.6. The van der Waals surface area contributed by atoms with Crippen molar-refractivity contribution >= 4 is 34.2 Å². The number of nitrogens with zero attached hydrogens (tertiary/aromatic N) is 3. The van der Waals surface area contributed by atoms with E-state index >= 15 is 0 Å². The fraction of sp³-hybridized carbons (Fsp3) is 0.316. The molecule has 1 amide bonds. The Morgan fingerprint density at radius 2 is 2.00 bits per heavy atom. The predicted octanol–water partition coefficient (Wildman–Crippen LogP) is 4.66. The highest BCUT2D eigenvalue weighted by atomic mass is 35.5. The maximum absolute atomic E-state index is 13.5. The molecule has 6 nitrogen and oxygen atoms in total. The lowest BCUT2D eigenvalue weighted by Gasteiger charge is -2.17. The summed E-state index contributed by atoms with van der Waals surface area (Å²) in [6.45, 7) is 4.63. The minimum absolute atomic E-state index is 0.0191. The Balaban J connectivity index is 1.90. The third kappa shape index (κ3) is 4.14. The van der Waals surface area contributed by atoms with Gasteiger partial charge >= 0.3 is 6.18 Å². The summed E-state index contributed by atoms with van der Waals surface area (Å²) >= 11 is 6.03. The Labute approximate surface area is 169 Å². The summed E-state index contributed by atoms with van der Waals surface area (Å²) in [5.41, 5.74) is 0.460. The summed E-state index contributed by atoms with van der Waals surface area (Å²) in [5.74, 6) is -0.870. The molecule has 2 heterocycles. The monoisotopic (exact) mass is 426 g/mol. The van der Waals surface area contributed by atoms with Gasteiger partial charge in [0.05, 0.1) is 16.6 Å². The van der Waals surface area contributed by atoms with E-state index in [1.54, 1.807) is 25.1 Å². The van der Waals surface area contributed by atoms with Crippen molar-refractivity contribution < 1.29 is 22.7 Å². The first kappa shape index (κ1) is 20.9. The van der Waals surface area contributed by atoms with E-state index in [2.05, 4.69) is 15.4 Å². The van der Waals surface area contributed by atoms with Crippen molar-refractivity contribution in [1.29, 1.82) is 0 Å². The van der Waals surface area contributed by atoms with E-state index in [4.69, 9.17) is 16.3 Å². The molecule has 0 bridgehead atoms. The average Bonchev–Trinajstić information content (AvgIpc) is 2.91. The van der Waals surface area contributed by atoms with Gasteiger partial charge in [0.15, 0.2) is 11.8 Å². The second kappa shape index (κ2) is 7.55. The smallest absolute Gasteiger partial charge is 0.417 e. The van der Waals surface area contributed by atoms with Crippen LogP contribution in [0.4, 0.5) is 18.9 Å². The van der Waals surface area contributed by atoms with Crippen LogP contribution in [0, 0.1) is 13.8 Å². The van der Waals surface area contributed by atoms with E-state index in [1.807, 2.05) is 0 Å². The molecule has 0 aliphatic rings. The van der Waals surface area contributed by atoms with Crippen molar-refractivity contribution in [2.24, 2.45) is 7.05 Å². The van der Waals surface area contributed by atoms with Gasteiger partial charge in [0, 0.05) is 23.8 Å². The van der Waals surface area contributed by atoms with Crippen LogP contribution in [0.3, 0.4) is 0 Å². The van der Waals surface area contributed by atoms with Crippen LogP contribution in [0.25, 0.3) is 11.0 Å². The minimum atomic E-state index is -4.63. The number of benzene rings is 1. The van der Waals surface area contributed by atoms with Crippen LogP contribution >= 0.6 is 11.6 Å². The Bertz CT molecular complexity index is 1100. The van der Waals surface area contributed by atoms with Gasteiger partial charge in [-0.15, -0.1) is 0 Å². The molecule has 0 radical (unpaired) electrons. The van der Waals surface area contributed by atoms with Gasteiger partial charge in [-0.1, -0.05) is 17.7 Å². The fourth-order valence-corrected chi connectivity index (χ4v) is 3.09. The summed E-state index contributed by atoms with van der Waals surface area (Å²) in [5, 5.41) is 7.03. The summed E-state index contributed by atoms with van der Waals surface area (Å²) in [7, 11) is 1.49. The lowest BCUT2D eigenvalue weighted by atomic mass is 10.1. The number of anilines is 1. The molecule has 154 valence electrons. The fourth-order valence-electron chi connectivity index (χ4n) is 2.92. The number of hydrogen-bond donors (Lipinski definition) is 1. The second-order valence-corrected chi connectivity index (χ2v) is 6.98. The number of ether oxygens (including phenoxy) is 1. The molecule has 0 unspecified atom stereocenters. The van der Waals surface area contributed by atoms with E-state index < -0.39 is 23.8 Å². The number of rotatable bonds is 4. The van der Waals surface area contributed by atoms with Gasteiger partial charge in [0.1, 0.15) is 0 Å². The van der Waals surface area contributed by atoms with E-state index in [-0.39, 0.29) is 22.6 Å². The molecular formula is C19H18ClF3N4O2. The Morgan fingerprint density at radius 3 is 2.66 bits per heavy atom. The zero-order valence-corrected chi connectivity index (χ0v) is 16.8. The minimum Gasteiger partial charge on any atom is -0.464 e. The van der Waals surface area contributed by atoms with E-state index in [0.29, 0.717) is 16.3 Å². The maximum atomic E-state index is 13.5. The largest absolute Gasteiger partial charge is 0.464 e. The van der Waals surface area contributed by atoms with Crippen molar-refractivity contribution in [2.75, 3.05) is 5.32 Å². The topological polar surface area (TPSA) is 69.0 Å². The molecule has 3 rings (SSSR count). The van der Waals surface area contributed by atoms with Crippen molar-refractivity contribution in [3.05, 3.63) is 46.1 Å². The number of carbonyl (C=O) groups excluding carboxylic acids is 1. The highest BCUT2D eigenvalue weighted by Gasteiger charge is 2.36. The number of pyridine rings is 1. The van der Waals surface area contributed by atoms with Gasteiger partial charge < -0.3 is 10.1 Å². The van der Waals surface area contributed by atoms with Crippen LogP contribution in [-0.2, 0) is 18.0 Å². The lowest BCUT2D eigenvalue weighted by molar-refractivity contribution is -0.136.